The van der Waals surface area contributed by atoms with Crippen molar-refractivity contribution in [2.75, 3.05) is 0 Å². The summed E-state index contributed by atoms with van der Waals surface area (Å²) < 4.78 is 35.0. The van der Waals surface area contributed by atoms with Gasteiger partial charge in [-0.2, -0.15) is 0 Å². The highest BCUT2D eigenvalue weighted by Crippen LogP contribution is 2.42. The van der Waals surface area contributed by atoms with E-state index in [1.54, 1.807) is 0 Å². The van der Waals surface area contributed by atoms with E-state index in [1.807, 2.05) is 36.4 Å². The minimum absolute atomic E-state index is 0.0123. The Labute approximate surface area is 212 Å². The summed E-state index contributed by atoms with van der Waals surface area (Å²) in [5, 5.41) is 0.0123. The molecule has 0 unspecified atom stereocenters. The predicted octanol–water partition coefficient (Wildman–Crippen LogP) is 10.1. The lowest BCUT2D eigenvalue weighted by molar-refractivity contribution is 1.20. The van der Waals surface area contributed by atoms with Crippen LogP contribution >= 0.6 is 43.5 Å². The molecule has 0 amide bonds. The quantitative estimate of drug-likeness (QED) is 0.235. The third kappa shape index (κ3) is 4.14. The second-order valence-corrected chi connectivity index (χ2v) is 9.68. The fourth-order valence-electron chi connectivity index (χ4n) is 3.87. The van der Waals surface area contributed by atoms with E-state index in [0.717, 1.165) is 42.3 Å². The Morgan fingerprint density at radius 3 is 2.00 bits per heavy atom. The molecule has 0 aliphatic rings. The number of halogens is 3. The van der Waals surface area contributed by atoms with Crippen LogP contribution in [0, 0.1) is 27.7 Å². The minimum Gasteiger partial charge on any atom is -0.0837 e. The molecule has 0 aliphatic heterocycles. The molecular formula is C28H23Br2Cl. The summed E-state index contributed by atoms with van der Waals surface area (Å²) in [6.45, 7) is 8.44. The summed E-state index contributed by atoms with van der Waals surface area (Å²) in [4.78, 5) is 0. The molecule has 0 fully saturated rings. The van der Waals surface area contributed by atoms with Gasteiger partial charge in [0.2, 0.25) is 0 Å². The summed E-state index contributed by atoms with van der Waals surface area (Å²) >= 11 is 14.0. The fraction of sp³-hybridized carbons (Fsp3) is 0.143. The smallest absolute Gasteiger partial charge is 0.0639 e. The third-order valence-corrected chi connectivity index (χ3v) is 7.91. The molecule has 31 heavy (non-hydrogen) atoms. The van der Waals surface area contributed by atoms with Crippen LogP contribution in [0.2, 0.25) is 5.02 Å². The number of hydrogen-bond donors (Lipinski definition) is 0. The Balaban J connectivity index is 2.15. The van der Waals surface area contributed by atoms with Crippen molar-refractivity contribution >= 4 is 43.5 Å². The minimum atomic E-state index is -0.339. The van der Waals surface area contributed by atoms with Gasteiger partial charge in [0.15, 0.2) is 0 Å². The molecule has 4 aromatic rings. The van der Waals surface area contributed by atoms with E-state index in [9.17, 15) is 0 Å². The Morgan fingerprint density at radius 2 is 1.29 bits per heavy atom. The zero-order valence-electron chi connectivity index (χ0n) is 21.7. The Bertz CT molecular complexity index is 1370. The Kier molecular flexibility index (Phi) is 5.09. The van der Waals surface area contributed by atoms with Crippen LogP contribution in [-0.4, -0.2) is 0 Å². The normalized spacial score (nSPS) is 12.9. The van der Waals surface area contributed by atoms with Crippen LogP contribution in [0.5, 0.6) is 0 Å². The summed E-state index contributed by atoms with van der Waals surface area (Å²) in [6, 6.07) is 12.9. The molecule has 0 saturated heterocycles. The molecule has 4 rings (SSSR count). The van der Waals surface area contributed by atoms with Crippen LogP contribution in [-0.2, 0) is 0 Å². The van der Waals surface area contributed by atoms with Gasteiger partial charge in [-0.15, -0.1) is 0 Å². The van der Waals surface area contributed by atoms with Crippen molar-refractivity contribution in [1.29, 1.82) is 0 Å². The molecule has 0 bridgehead atoms. The average molecular weight is 559 g/mol. The lowest BCUT2D eigenvalue weighted by atomic mass is 9.88. The van der Waals surface area contributed by atoms with E-state index >= 15 is 0 Å². The van der Waals surface area contributed by atoms with Crippen molar-refractivity contribution in [3.63, 3.8) is 0 Å². The maximum atomic E-state index is 8.59. The van der Waals surface area contributed by atoms with Crippen molar-refractivity contribution in [3.05, 3.63) is 103 Å². The lowest BCUT2D eigenvalue weighted by Crippen LogP contribution is -1.98. The van der Waals surface area contributed by atoms with Crippen molar-refractivity contribution in [2.45, 2.75) is 27.7 Å². The van der Waals surface area contributed by atoms with Crippen molar-refractivity contribution < 1.29 is 5.48 Å². The SMILES string of the molecule is [2H]c1c([2H])c([2H])c(-c2cc(-c3ccccc3Br)cc(-c3c(C)c(C)c(C)c(C)c3Br)c2)c(Cl)c1[2H]. The maximum absolute atomic E-state index is 8.59. The molecule has 0 N–H and O–H groups in total. The van der Waals surface area contributed by atoms with Crippen molar-refractivity contribution in [1.82, 2.24) is 0 Å². The van der Waals surface area contributed by atoms with Crippen LogP contribution in [0.1, 0.15) is 27.7 Å². The first kappa shape index (κ1) is 17.7. The van der Waals surface area contributed by atoms with Gasteiger partial charge in [0.1, 0.15) is 0 Å². The molecule has 0 saturated carbocycles. The molecule has 4 aromatic carbocycles. The molecule has 0 heterocycles. The monoisotopic (exact) mass is 556 g/mol. The van der Waals surface area contributed by atoms with Gasteiger partial charge in [-0.1, -0.05) is 63.9 Å². The Hall–Kier alpha value is -1.87. The molecule has 0 atom stereocenters. The van der Waals surface area contributed by atoms with E-state index in [0.29, 0.717) is 11.1 Å². The first-order valence-electron chi connectivity index (χ1n) is 11.9. The average Bonchev–Trinajstić information content (AvgIpc) is 2.84. The zero-order valence-corrected chi connectivity index (χ0v) is 21.6. The molecule has 0 aromatic heterocycles. The highest BCUT2D eigenvalue weighted by atomic mass is 79.9. The highest BCUT2D eigenvalue weighted by molar-refractivity contribution is 9.11. The van der Waals surface area contributed by atoms with Crippen LogP contribution < -0.4 is 0 Å². The molecule has 0 radical (unpaired) electrons. The van der Waals surface area contributed by atoms with E-state index in [4.69, 9.17) is 17.1 Å². The summed E-state index contributed by atoms with van der Waals surface area (Å²) in [5.41, 5.74) is 9.57. The number of hydrogen-bond acceptors (Lipinski definition) is 0. The number of benzene rings is 4. The van der Waals surface area contributed by atoms with Crippen molar-refractivity contribution in [2.24, 2.45) is 0 Å². The number of rotatable bonds is 3. The second-order valence-electron chi connectivity index (χ2n) is 7.66. The van der Waals surface area contributed by atoms with Crippen LogP contribution in [0.3, 0.4) is 0 Å². The predicted molar refractivity (Wildman–Crippen MR) is 142 cm³/mol. The van der Waals surface area contributed by atoms with Gasteiger partial charge in [-0.25, -0.2) is 0 Å². The molecule has 3 heteroatoms. The van der Waals surface area contributed by atoms with Gasteiger partial charge in [0, 0.05) is 19.5 Å². The van der Waals surface area contributed by atoms with Gasteiger partial charge in [-0.3, -0.25) is 0 Å². The van der Waals surface area contributed by atoms with Gasteiger partial charge in [-0.05, 0) is 124 Å². The van der Waals surface area contributed by atoms with E-state index in [2.05, 4.69) is 65.6 Å². The largest absolute Gasteiger partial charge is 0.0837 e. The zero-order chi connectivity index (χ0) is 25.8. The molecule has 156 valence electrons. The van der Waals surface area contributed by atoms with Gasteiger partial charge >= 0.3 is 0 Å². The van der Waals surface area contributed by atoms with Gasteiger partial charge < -0.3 is 0 Å². The van der Waals surface area contributed by atoms with E-state index in [1.165, 1.54) is 11.1 Å². The third-order valence-electron chi connectivity index (χ3n) is 5.95. The fourth-order valence-corrected chi connectivity index (χ4v) is 5.41. The molecular weight excluding hydrogens is 532 g/mol. The highest BCUT2D eigenvalue weighted by Gasteiger charge is 2.18. The first-order valence-corrected chi connectivity index (χ1v) is 11.8. The molecule has 0 nitrogen and oxygen atoms in total. The first-order chi connectivity index (χ1) is 16.5. The summed E-state index contributed by atoms with van der Waals surface area (Å²) in [5.74, 6) is 0. The van der Waals surface area contributed by atoms with Crippen LogP contribution in [0.4, 0.5) is 0 Å². The van der Waals surface area contributed by atoms with E-state index in [-0.39, 0.29) is 29.2 Å². The van der Waals surface area contributed by atoms with Gasteiger partial charge in [0.25, 0.3) is 0 Å². The maximum Gasteiger partial charge on any atom is 0.0639 e. The van der Waals surface area contributed by atoms with Crippen molar-refractivity contribution in [3.8, 4) is 33.4 Å². The summed E-state index contributed by atoms with van der Waals surface area (Å²) in [7, 11) is 0. The summed E-state index contributed by atoms with van der Waals surface area (Å²) in [6.07, 6.45) is 0. The topological polar surface area (TPSA) is 0 Å². The molecule has 0 aliphatic carbocycles. The lowest BCUT2D eigenvalue weighted by Gasteiger charge is -2.20. The standard InChI is InChI=1S/C28H23Br2Cl/c1-16-17(2)19(4)28(30)27(18(16)3)22-14-20(23-9-5-7-11-25(23)29)13-21(15-22)24-10-6-8-12-26(24)31/h5-15H,1-4H3/i6D,8D,10D,12D. The van der Waals surface area contributed by atoms with Gasteiger partial charge in [0.05, 0.1) is 5.48 Å². The molecule has 0 spiro atoms. The van der Waals surface area contributed by atoms with Crippen LogP contribution in [0.25, 0.3) is 33.4 Å². The van der Waals surface area contributed by atoms with Crippen LogP contribution in [0.15, 0.2) is 75.6 Å². The Morgan fingerprint density at radius 1 is 0.710 bits per heavy atom. The second kappa shape index (κ2) is 8.94. The van der Waals surface area contributed by atoms with E-state index < -0.39 is 0 Å².